The number of carbonyl (C=O) groups is 1. The Morgan fingerprint density at radius 2 is 1.76 bits per heavy atom. The fourth-order valence-corrected chi connectivity index (χ4v) is 3.64. The van der Waals surface area contributed by atoms with Gasteiger partial charge in [0.05, 0.1) is 30.5 Å². The van der Waals surface area contributed by atoms with Gasteiger partial charge in [0.15, 0.2) is 17.3 Å². The van der Waals surface area contributed by atoms with Crippen molar-refractivity contribution in [3.63, 3.8) is 0 Å². The molecule has 5 rings (SSSR count). The van der Waals surface area contributed by atoms with Crippen LogP contribution in [0.1, 0.15) is 11.1 Å². The van der Waals surface area contributed by atoms with Crippen LogP contribution in [0.15, 0.2) is 112 Å². The van der Waals surface area contributed by atoms with Crippen LogP contribution in [0.3, 0.4) is 0 Å². The van der Waals surface area contributed by atoms with Crippen molar-refractivity contribution < 1.29 is 18.7 Å². The van der Waals surface area contributed by atoms with Crippen LogP contribution < -0.4 is 15.0 Å². The average molecular weight is 492 g/mol. The van der Waals surface area contributed by atoms with Gasteiger partial charge in [-0.15, -0.1) is 0 Å². The zero-order valence-electron chi connectivity index (χ0n) is 19.8. The molecule has 3 aromatic carbocycles. The van der Waals surface area contributed by atoms with Gasteiger partial charge in [-0.3, -0.25) is 4.79 Å². The molecule has 0 N–H and O–H groups in total. The average Bonchev–Trinajstić information content (AvgIpc) is 3.47. The van der Waals surface area contributed by atoms with Crippen LogP contribution in [-0.2, 0) is 4.79 Å². The lowest BCUT2D eigenvalue weighted by Crippen LogP contribution is -2.20. The Morgan fingerprint density at radius 3 is 2.54 bits per heavy atom. The molecule has 0 aliphatic rings. The molecule has 0 fully saturated rings. The van der Waals surface area contributed by atoms with E-state index in [9.17, 15) is 9.59 Å². The van der Waals surface area contributed by atoms with Crippen LogP contribution >= 0.6 is 0 Å². The van der Waals surface area contributed by atoms with E-state index in [1.807, 2.05) is 36.4 Å². The number of hydrogen-bond acceptors (Lipinski definition) is 7. The van der Waals surface area contributed by atoms with E-state index in [1.165, 1.54) is 30.3 Å². The van der Waals surface area contributed by atoms with Crippen molar-refractivity contribution in [2.24, 2.45) is 5.10 Å². The van der Waals surface area contributed by atoms with Crippen LogP contribution in [0.4, 0.5) is 0 Å². The maximum Gasteiger partial charge on any atom is 0.336 e. The minimum atomic E-state index is -0.541. The van der Waals surface area contributed by atoms with Gasteiger partial charge in [0, 0.05) is 6.08 Å². The number of fused-ring (bicyclic) bond motifs is 1. The maximum atomic E-state index is 13.2. The molecule has 0 spiro atoms. The molecule has 5 aromatic rings. The SMILES string of the molecule is COc1cc(C=Nn2c(-c3ccco3)nc3ccccc3c2=O)ccc1OC(=O)/C=C/c1ccccc1. The number of benzene rings is 3. The van der Waals surface area contributed by atoms with Crippen molar-refractivity contribution >= 4 is 29.2 Å². The highest BCUT2D eigenvalue weighted by Gasteiger charge is 2.14. The molecule has 0 radical (unpaired) electrons. The van der Waals surface area contributed by atoms with Crippen molar-refractivity contribution in [3.8, 4) is 23.1 Å². The van der Waals surface area contributed by atoms with Crippen LogP contribution in [0.25, 0.3) is 28.6 Å². The number of aromatic nitrogens is 2. The first-order valence-electron chi connectivity index (χ1n) is 11.4. The quantitative estimate of drug-likeness (QED) is 0.135. The highest BCUT2D eigenvalue weighted by molar-refractivity contribution is 5.89. The number of ether oxygens (including phenoxy) is 2. The molecule has 0 unspecified atom stereocenters. The Hall–Kier alpha value is -5.24. The third-order valence-corrected chi connectivity index (χ3v) is 5.43. The second kappa shape index (κ2) is 10.6. The van der Waals surface area contributed by atoms with E-state index in [-0.39, 0.29) is 17.1 Å². The number of esters is 1. The van der Waals surface area contributed by atoms with Gasteiger partial charge in [0.25, 0.3) is 5.56 Å². The van der Waals surface area contributed by atoms with Gasteiger partial charge < -0.3 is 13.9 Å². The first-order chi connectivity index (χ1) is 18.1. The standard InChI is InChI=1S/C29H21N3O5/c1-35-26-18-21(13-15-24(26)37-27(33)16-14-20-8-3-2-4-9-20)19-30-32-28(25-12-7-17-36-25)31-23-11-6-5-10-22(23)29(32)34/h2-19H,1H3/b16-14+,30-19?. The van der Waals surface area contributed by atoms with E-state index in [4.69, 9.17) is 13.9 Å². The third kappa shape index (κ3) is 5.23. The van der Waals surface area contributed by atoms with Gasteiger partial charge in [0.1, 0.15) is 0 Å². The summed E-state index contributed by atoms with van der Waals surface area (Å²) in [4.78, 5) is 30.1. The fraction of sp³-hybridized carbons (Fsp3) is 0.0345. The number of rotatable bonds is 7. The summed E-state index contributed by atoms with van der Waals surface area (Å²) in [5.41, 5.74) is 1.70. The second-order valence-corrected chi connectivity index (χ2v) is 7.87. The van der Waals surface area contributed by atoms with Crippen LogP contribution in [0.2, 0.25) is 0 Å². The number of methoxy groups -OCH3 is 1. The van der Waals surface area contributed by atoms with Gasteiger partial charge in [-0.25, -0.2) is 9.78 Å². The van der Waals surface area contributed by atoms with Crippen molar-refractivity contribution in [2.45, 2.75) is 0 Å². The minimum Gasteiger partial charge on any atom is -0.493 e. The minimum absolute atomic E-state index is 0.253. The number of hydrogen-bond donors (Lipinski definition) is 0. The van der Waals surface area contributed by atoms with Crippen LogP contribution in [0.5, 0.6) is 11.5 Å². The van der Waals surface area contributed by atoms with Crippen LogP contribution in [0, 0.1) is 0 Å². The molecular formula is C29H21N3O5. The molecule has 0 saturated heterocycles. The Kier molecular flexibility index (Phi) is 6.72. The summed E-state index contributed by atoms with van der Waals surface area (Å²) in [5, 5.41) is 4.82. The predicted octanol–water partition coefficient (Wildman–Crippen LogP) is 5.17. The second-order valence-electron chi connectivity index (χ2n) is 7.87. The van der Waals surface area contributed by atoms with Gasteiger partial charge in [0.2, 0.25) is 5.82 Å². The molecule has 37 heavy (non-hydrogen) atoms. The Bertz CT molecular complexity index is 1670. The van der Waals surface area contributed by atoms with E-state index >= 15 is 0 Å². The molecule has 0 bridgehead atoms. The zero-order valence-corrected chi connectivity index (χ0v) is 19.8. The summed E-state index contributed by atoms with van der Waals surface area (Å²) in [6.45, 7) is 0. The summed E-state index contributed by atoms with van der Waals surface area (Å²) in [6.07, 6.45) is 6.01. The van der Waals surface area contributed by atoms with Gasteiger partial charge in [-0.2, -0.15) is 9.78 Å². The summed E-state index contributed by atoms with van der Waals surface area (Å²) >= 11 is 0. The number of furan rings is 1. The highest BCUT2D eigenvalue weighted by Crippen LogP contribution is 2.28. The molecule has 0 amide bonds. The fourth-order valence-electron chi connectivity index (χ4n) is 3.64. The van der Waals surface area contributed by atoms with E-state index in [2.05, 4.69) is 10.1 Å². The molecule has 2 heterocycles. The maximum absolute atomic E-state index is 13.2. The van der Waals surface area contributed by atoms with Crippen molar-refractivity contribution in [3.05, 3.63) is 119 Å². The largest absolute Gasteiger partial charge is 0.493 e. The first kappa shape index (κ1) is 23.5. The molecule has 182 valence electrons. The van der Waals surface area contributed by atoms with E-state index in [0.717, 1.165) is 5.56 Å². The molecule has 8 nitrogen and oxygen atoms in total. The highest BCUT2D eigenvalue weighted by atomic mass is 16.6. The third-order valence-electron chi connectivity index (χ3n) is 5.43. The lowest BCUT2D eigenvalue weighted by molar-refractivity contribution is -0.129. The zero-order chi connectivity index (χ0) is 25.6. The lowest BCUT2D eigenvalue weighted by Gasteiger charge is -2.09. The van der Waals surface area contributed by atoms with Crippen molar-refractivity contribution in [2.75, 3.05) is 7.11 Å². The van der Waals surface area contributed by atoms with Gasteiger partial charge in [-0.1, -0.05) is 42.5 Å². The molecule has 0 aliphatic carbocycles. The van der Waals surface area contributed by atoms with Crippen molar-refractivity contribution in [1.82, 2.24) is 9.66 Å². The normalized spacial score (nSPS) is 11.4. The van der Waals surface area contributed by atoms with Crippen LogP contribution in [-0.4, -0.2) is 29.0 Å². The molecule has 2 aromatic heterocycles. The van der Waals surface area contributed by atoms with Gasteiger partial charge >= 0.3 is 5.97 Å². The molecule has 8 heteroatoms. The molecule has 0 saturated carbocycles. The summed E-state index contributed by atoms with van der Waals surface area (Å²) < 4.78 is 17.5. The summed E-state index contributed by atoms with van der Waals surface area (Å²) in [7, 11) is 1.47. The lowest BCUT2D eigenvalue weighted by atomic mass is 10.2. The summed E-state index contributed by atoms with van der Waals surface area (Å²) in [6, 6.07) is 24.8. The topological polar surface area (TPSA) is 95.9 Å². The van der Waals surface area contributed by atoms with E-state index < -0.39 is 5.97 Å². The Morgan fingerprint density at radius 1 is 0.946 bits per heavy atom. The molecular weight excluding hydrogens is 470 g/mol. The predicted molar refractivity (Wildman–Crippen MR) is 141 cm³/mol. The van der Waals surface area contributed by atoms with Gasteiger partial charge in [-0.05, 0) is 59.7 Å². The van der Waals surface area contributed by atoms with Crippen molar-refractivity contribution in [1.29, 1.82) is 0 Å². The first-order valence-corrected chi connectivity index (χ1v) is 11.4. The monoisotopic (exact) mass is 491 g/mol. The number of nitrogens with zero attached hydrogens (tertiary/aromatic N) is 3. The molecule has 0 atom stereocenters. The Labute approximate surface area is 211 Å². The summed E-state index contributed by atoms with van der Waals surface area (Å²) in [5.74, 6) is 0.723. The smallest absolute Gasteiger partial charge is 0.336 e. The van der Waals surface area contributed by atoms with E-state index in [0.29, 0.717) is 28.0 Å². The molecule has 0 aliphatic heterocycles. The number of carbonyl (C=O) groups excluding carboxylic acids is 1. The Balaban J connectivity index is 1.43. The number of para-hydroxylation sites is 1. The van der Waals surface area contributed by atoms with E-state index in [1.54, 1.807) is 54.6 Å².